The molecule has 0 aromatic heterocycles. The van der Waals surface area contributed by atoms with E-state index in [1.54, 1.807) is 6.20 Å². The monoisotopic (exact) mass is 177 g/mol. The largest absolute Gasteiger partial charge is 0.300 e. The minimum absolute atomic E-state index is 0.379. The number of carbonyl (C=O) groups excluding carboxylic acids is 1. The zero-order valence-corrected chi connectivity index (χ0v) is 7.99. The van der Waals surface area contributed by atoms with Crippen LogP contribution in [0.3, 0.4) is 0 Å². The quantitative estimate of drug-likeness (QED) is 0.481. The molecule has 0 saturated heterocycles. The smallest absolute Gasteiger partial charge is 0.133 e. The minimum Gasteiger partial charge on any atom is -0.300 e. The molecule has 1 rings (SSSR count). The second-order valence-electron chi connectivity index (χ2n) is 3.27. The Morgan fingerprint density at radius 3 is 2.92 bits per heavy atom. The molecule has 70 valence electrons. The van der Waals surface area contributed by atoms with Gasteiger partial charge in [-0.15, -0.1) is 0 Å². The fourth-order valence-electron chi connectivity index (χ4n) is 1.71. The first kappa shape index (κ1) is 9.90. The van der Waals surface area contributed by atoms with Crippen molar-refractivity contribution in [1.82, 2.24) is 0 Å². The summed E-state index contributed by atoms with van der Waals surface area (Å²) in [6.07, 6.45) is 8.08. The molecule has 0 N–H and O–H groups in total. The number of nitrogens with zero attached hydrogens (tertiary/aromatic N) is 1. The molecule has 0 aliphatic heterocycles. The van der Waals surface area contributed by atoms with Gasteiger partial charge in [0.05, 0.1) is 0 Å². The van der Waals surface area contributed by atoms with Crippen molar-refractivity contribution < 1.29 is 4.79 Å². The van der Waals surface area contributed by atoms with Crippen LogP contribution in [0.1, 0.15) is 26.2 Å². The normalized spacial score (nSPS) is 24.2. The van der Waals surface area contributed by atoms with E-state index in [2.05, 4.69) is 11.7 Å². The fraction of sp³-hybridized carbons (Fsp3) is 0.455. The number of ketones is 1. The summed E-state index contributed by atoms with van der Waals surface area (Å²) >= 11 is 0. The van der Waals surface area contributed by atoms with Gasteiger partial charge in [0, 0.05) is 19.0 Å². The number of allylic oxidation sites excluding steroid dienone is 3. The summed E-state index contributed by atoms with van der Waals surface area (Å²) in [6, 6.07) is 0. The van der Waals surface area contributed by atoms with Crippen LogP contribution in [0.25, 0.3) is 0 Å². The van der Waals surface area contributed by atoms with Gasteiger partial charge in [0.1, 0.15) is 5.78 Å². The van der Waals surface area contributed by atoms with E-state index in [1.807, 2.05) is 19.1 Å². The van der Waals surface area contributed by atoms with E-state index in [-0.39, 0.29) is 0 Å². The second-order valence-corrected chi connectivity index (χ2v) is 3.27. The van der Waals surface area contributed by atoms with Crippen molar-refractivity contribution in [2.75, 3.05) is 0 Å². The van der Waals surface area contributed by atoms with Crippen LogP contribution < -0.4 is 0 Å². The van der Waals surface area contributed by atoms with Gasteiger partial charge >= 0.3 is 0 Å². The van der Waals surface area contributed by atoms with E-state index < -0.39 is 0 Å². The average Bonchev–Trinajstić information content (AvgIpc) is 2.54. The molecule has 0 bridgehead atoms. The Balaban J connectivity index is 2.63. The van der Waals surface area contributed by atoms with Crippen molar-refractivity contribution in [3.63, 3.8) is 0 Å². The molecule has 1 atom stereocenters. The van der Waals surface area contributed by atoms with Gasteiger partial charge in [-0.25, -0.2) is 0 Å². The number of aliphatic imine (C=N–C) groups is 1. The zero-order chi connectivity index (χ0) is 9.68. The van der Waals surface area contributed by atoms with Gasteiger partial charge in [-0.1, -0.05) is 6.08 Å². The molecule has 1 fully saturated rings. The predicted molar refractivity (Wildman–Crippen MR) is 54.8 cm³/mol. The SMILES string of the molecule is C=N/C=C\C(=C/C)C1CCC(=O)C1. The molecule has 0 radical (unpaired) electrons. The summed E-state index contributed by atoms with van der Waals surface area (Å²) < 4.78 is 0. The molecule has 0 aromatic rings. The molecule has 2 nitrogen and oxygen atoms in total. The molecule has 2 heteroatoms. The van der Waals surface area contributed by atoms with Gasteiger partial charge < -0.3 is 0 Å². The Hall–Kier alpha value is -1.18. The molecule has 0 spiro atoms. The molecule has 1 unspecified atom stereocenters. The second kappa shape index (κ2) is 4.75. The molecule has 0 amide bonds. The van der Waals surface area contributed by atoms with Crippen LogP contribution in [0, 0.1) is 5.92 Å². The molecular weight excluding hydrogens is 162 g/mol. The maximum atomic E-state index is 11.1. The lowest BCUT2D eigenvalue weighted by atomic mass is 9.97. The highest BCUT2D eigenvalue weighted by molar-refractivity contribution is 5.81. The fourth-order valence-corrected chi connectivity index (χ4v) is 1.71. The first-order valence-electron chi connectivity index (χ1n) is 4.58. The van der Waals surface area contributed by atoms with Gasteiger partial charge in [-0.2, -0.15) is 0 Å². The lowest BCUT2D eigenvalue weighted by Gasteiger charge is -2.07. The van der Waals surface area contributed by atoms with Crippen molar-refractivity contribution in [3.05, 3.63) is 23.9 Å². The molecule has 1 aliphatic carbocycles. The highest BCUT2D eigenvalue weighted by atomic mass is 16.1. The van der Waals surface area contributed by atoms with E-state index in [1.165, 1.54) is 5.57 Å². The summed E-state index contributed by atoms with van der Waals surface area (Å²) in [5, 5.41) is 0. The summed E-state index contributed by atoms with van der Waals surface area (Å²) in [5.41, 5.74) is 1.21. The number of rotatable bonds is 3. The number of carbonyl (C=O) groups is 1. The van der Waals surface area contributed by atoms with Crippen LogP contribution in [-0.2, 0) is 4.79 Å². The number of Topliss-reactive ketones (excluding diaryl/α,β-unsaturated/α-hetero) is 1. The third-order valence-corrected chi connectivity index (χ3v) is 2.42. The minimum atomic E-state index is 0.379. The van der Waals surface area contributed by atoms with Gasteiger partial charge in [-0.05, 0) is 37.6 Å². The molecule has 13 heavy (non-hydrogen) atoms. The van der Waals surface area contributed by atoms with Crippen LogP contribution in [0.2, 0.25) is 0 Å². The van der Waals surface area contributed by atoms with E-state index >= 15 is 0 Å². The van der Waals surface area contributed by atoms with Crippen molar-refractivity contribution in [2.24, 2.45) is 10.9 Å². The molecule has 0 heterocycles. The summed E-state index contributed by atoms with van der Waals surface area (Å²) in [6.45, 7) is 5.37. The van der Waals surface area contributed by atoms with Crippen molar-refractivity contribution in [2.45, 2.75) is 26.2 Å². The highest BCUT2D eigenvalue weighted by Crippen LogP contribution is 2.29. The van der Waals surface area contributed by atoms with E-state index in [9.17, 15) is 4.79 Å². The molecule has 1 aliphatic rings. The van der Waals surface area contributed by atoms with Gasteiger partial charge in [0.15, 0.2) is 0 Å². The third kappa shape index (κ3) is 2.65. The van der Waals surface area contributed by atoms with Crippen LogP contribution in [0.4, 0.5) is 0 Å². The Morgan fingerprint density at radius 1 is 1.69 bits per heavy atom. The highest BCUT2D eigenvalue weighted by Gasteiger charge is 2.23. The lowest BCUT2D eigenvalue weighted by molar-refractivity contribution is -0.117. The summed E-state index contributed by atoms with van der Waals surface area (Å²) in [4.78, 5) is 14.7. The Kier molecular flexibility index (Phi) is 3.62. The van der Waals surface area contributed by atoms with Crippen LogP contribution in [-0.4, -0.2) is 12.5 Å². The van der Waals surface area contributed by atoms with Crippen molar-refractivity contribution in [1.29, 1.82) is 0 Å². The van der Waals surface area contributed by atoms with Crippen LogP contribution in [0.15, 0.2) is 28.9 Å². The Bertz CT molecular complexity index is 263. The van der Waals surface area contributed by atoms with Gasteiger partial charge in [-0.3, -0.25) is 9.79 Å². The van der Waals surface area contributed by atoms with Gasteiger partial charge in [0.2, 0.25) is 0 Å². The maximum Gasteiger partial charge on any atom is 0.133 e. The standard InChI is InChI=1S/C11H15NO/c1-3-9(6-7-12-2)10-4-5-11(13)8-10/h3,6-7,10H,2,4-5,8H2,1H3/b7-6-,9-3+. The predicted octanol–water partition coefficient (Wildman–Crippen LogP) is 2.52. The van der Waals surface area contributed by atoms with E-state index in [4.69, 9.17) is 0 Å². The molecule has 0 aromatic carbocycles. The molecular formula is C11H15NO. The van der Waals surface area contributed by atoms with Crippen molar-refractivity contribution >= 4 is 12.5 Å². The topological polar surface area (TPSA) is 29.4 Å². The van der Waals surface area contributed by atoms with Crippen LogP contribution in [0.5, 0.6) is 0 Å². The lowest BCUT2D eigenvalue weighted by Crippen LogP contribution is -1.97. The first-order chi connectivity index (χ1) is 6.27. The zero-order valence-electron chi connectivity index (χ0n) is 7.99. The number of hydrogen-bond acceptors (Lipinski definition) is 2. The third-order valence-electron chi connectivity index (χ3n) is 2.42. The maximum absolute atomic E-state index is 11.1. The van der Waals surface area contributed by atoms with E-state index in [0.29, 0.717) is 18.1 Å². The Labute approximate surface area is 79.1 Å². The Morgan fingerprint density at radius 2 is 2.46 bits per heavy atom. The van der Waals surface area contributed by atoms with Crippen molar-refractivity contribution in [3.8, 4) is 0 Å². The summed E-state index contributed by atoms with van der Waals surface area (Å²) in [5.74, 6) is 0.791. The van der Waals surface area contributed by atoms with E-state index in [0.717, 1.165) is 12.8 Å². The average molecular weight is 177 g/mol. The van der Waals surface area contributed by atoms with Gasteiger partial charge in [0.25, 0.3) is 0 Å². The van der Waals surface area contributed by atoms with Crippen LogP contribution >= 0.6 is 0 Å². The number of hydrogen-bond donors (Lipinski definition) is 0. The summed E-state index contributed by atoms with van der Waals surface area (Å²) in [7, 11) is 0. The molecule has 1 saturated carbocycles. The first-order valence-corrected chi connectivity index (χ1v) is 4.58.